The van der Waals surface area contributed by atoms with Gasteiger partial charge in [0, 0.05) is 36.5 Å². The number of fused-ring (bicyclic) bond motifs is 2. The molecule has 4 nitrogen and oxygen atoms in total. The molecule has 0 saturated heterocycles. The third-order valence-electron chi connectivity index (χ3n) is 11.9. The lowest BCUT2D eigenvalue weighted by molar-refractivity contribution is -0.160. The number of carbonyl (C=O) groups is 2. The molecule has 4 heteroatoms. The lowest BCUT2D eigenvalue weighted by atomic mass is 9.61. The molecule has 4 bridgehead atoms. The van der Waals surface area contributed by atoms with Crippen LogP contribution in [0.4, 0.5) is 0 Å². The molecule has 0 N–H and O–H groups in total. The van der Waals surface area contributed by atoms with Gasteiger partial charge in [-0.25, -0.2) is 0 Å². The third-order valence-corrected chi connectivity index (χ3v) is 11.9. The largest absolute Gasteiger partial charge is 0.458 e. The monoisotopic (exact) mass is 456 g/mol. The van der Waals surface area contributed by atoms with Gasteiger partial charge in [0.05, 0.1) is 0 Å². The van der Waals surface area contributed by atoms with Crippen molar-refractivity contribution in [1.29, 1.82) is 0 Å². The second kappa shape index (κ2) is 6.58. The molecule has 0 amide bonds. The Morgan fingerprint density at radius 1 is 0.818 bits per heavy atom. The van der Waals surface area contributed by atoms with Gasteiger partial charge in [0.25, 0.3) is 0 Å². The number of rotatable bonds is 6. The van der Waals surface area contributed by atoms with E-state index in [2.05, 4.69) is 27.7 Å². The van der Waals surface area contributed by atoms with E-state index in [4.69, 9.17) is 9.47 Å². The fourth-order valence-electron chi connectivity index (χ4n) is 11.8. The van der Waals surface area contributed by atoms with E-state index in [1.165, 1.54) is 57.8 Å². The molecule has 33 heavy (non-hydrogen) atoms. The van der Waals surface area contributed by atoms with E-state index in [0.717, 1.165) is 18.3 Å². The molecule has 0 aromatic rings. The number of esters is 2. The summed E-state index contributed by atoms with van der Waals surface area (Å²) in [6, 6.07) is 0. The van der Waals surface area contributed by atoms with Crippen LogP contribution in [-0.4, -0.2) is 23.1 Å². The second-order valence-corrected chi connectivity index (χ2v) is 14.2. The first-order valence-corrected chi connectivity index (χ1v) is 13.8. The minimum Gasteiger partial charge on any atom is -0.458 e. The van der Waals surface area contributed by atoms with Crippen LogP contribution in [0.15, 0.2) is 0 Å². The van der Waals surface area contributed by atoms with E-state index >= 15 is 0 Å². The zero-order valence-corrected chi connectivity index (χ0v) is 21.7. The van der Waals surface area contributed by atoms with Crippen molar-refractivity contribution in [1.82, 2.24) is 0 Å². The summed E-state index contributed by atoms with van der Waals surface area (Å²) in [7, 11) is 0. The first-order valence-electron chi connectivity index (χ1n) is 13.8. The zero-order valence-electron chi connectivity index (χ0n) is 21.7. The lowest BCUT2D eigenvalue weighted by Crippen LogP contribution is -2.43. The first-order chi connectivity index (χ1) is 15.4. The third kappa shape index (κ3) is 2.65. The topological polar surface area (TPSA) is 52.6 Å². The maximum absolute atomic E-state index is 12.3. The maximum Gasteiger partial charge on any atom is 0.303 e. The number of carbonyl (C=O) groups excluding carboxylic acids is 2. The molecule has 0 aliphatic heterocycles. The molecule has 0 heterocycles. The van der Waals surface area contributed by atoms with E-state index in [0.29, 0.717) is 29.1 Å². The van der Waals surface area contributed by atoms with Crippen LogP contribution in [0.1, 0.15) is 106 Å². The van der Waals surface area contributed by atoms with Gasteiger partial charge >= 0.3 is 11.9 Å². The van der Waals surface area contributed by atoms with Crippen molar-refractivity contribution in [3.05, 3.63) is 0 Å². The minimum absolute atomic E-state index is 0.0810. The molecule has 6 aliphatic rings. The highest BCUT2D eigenvalue weighted by Gasteiger charge is 2.87. The van der Waals surface area contributed by atoms with Crippen molar-refractivity contribution in [2.45, 2.75) is 117 Å². The van der Waals surface area contributed by atoms with Gasteiger partial charge in [0.15, 0.2) is 0 Å². The summed E-state index contributed by atoms with van der Waals surface area (Å²) in [6.07, 6.45) is 12.3. The van der Waals surface area contributed by atoms with Gasteiger partial charge in [-0.05, 0) is 93.3 Å². The van der Waals surface area contributed by atoms with Crippen LogP contribution in [0.2, 0.25) is 0 Å². The Morgan fingerprint density at radius 2 is 1.52 bits per heavy atom. The molecule has 0 radical (unpaired) electrons. The Hall–Kier alpha value is -1.06. The summed E-state index contributed by atoms with van der Waals surface area (Å²) in [5.74, 6) is 3.56. The molecule has 0 aromatic carbocycles. The second-order valence-electron chi connectivity index (χ2n) is 14.2. The number of hydrogen-bond donors (Lipinski definition) is 0. The Bertz CT molecular complexity index is 896. The van der Waals surface area contributed by atoms with Crippen LogP contribution >= 0.6 is 0 Å². The Morgan fingerprint density at radius 3 is 2.18 bits per heavy atom. The molecule has 6 rings (SSSR count). The van der Waals surface area contributed by atoms with Crippen LogP contribution < -0.4 is 0 Å². The van der Waals surface area contributed by atoms with E-state index < -0.39 is 0 Å². The van der Waals surface area contributed by atoms with Gasteiger partial charge < -0.3 is 9.47 Å². The SMILES string of the molecule is CC(=O)OC1(CCC23CC(C)CC4(C2)C(C3)C4(OC(C)=O)C(C)C)C2CC3CC(C)CC21C3. The first kappa shape index (κ1) is 22.4. The fourth-order valence-corrected chi connectivity index (χ4v) is 11.8. The average Bonchev–Trinajstić information content (AvgIpc) is 3.20. The van der Waals surface area contributed by atoms with Crippen LogP contribution in [0, 0.1) is 51.8 Å². The molecule has 2 spiro atoms. The molecule has 184 valence electrons. The van der Waals surface area contributed by atoms with Crippen LogP contribution in [-0.2, 0) is 19.1 Å². The van der Waals surface area contributed by atoms with Gasteiger partial charge in [-0.2, -0.15) is 0 Å². The van der Waals surface area contributed by atoms with Crippen molar-refractivity contribution >= 4 is 11.9 Å². The molecule has 0 aromatic heterocycles. The van der Waals surface area contributed by atoms with Gasteiger partial charge in [-0.3, -0.25) is 9.59 Å². The quantitative estimate of drug-likeness (QED) is 0.440. The normalized spacial score (nSPS) is 55.1. The van der Waals surface area contributed by atoms with Crippen LogP contribution in [0.5, 0.6) is 0 Å². The number of hydrogen-bond acceptors (Lipinski definition) is 4. The van der Waals surface area contributed by atoms with E-state index in [-0.39, 0.29) is 34.0 Å². The van der Waals surface area contributed by atoms with Gasteiger partial charge in [-0.1, -0.05) is 27.7 Å². The Labute approximate surface area is 199 Å². The van der Waals surface area contributed by atoms with Gasteiger partial charge in [0.2, 0.25) is 0 Å². The lowest BCUT2D eigenvalue weighted by Gasteiger charge is -2.46. The Kier molecular flexibility index (Phi) is 4.47. The standard InChI is InChI=1S/C29H44O4/c1-17(2)29(33-21(6)31)24-15-25(11-19(4)13-27(24,29)16-25)7-8-28(32-20(5)30)23-10-22-9-18(3)12-26(23,28)14-22/h17-19,22-24H,7-16H2,1-6H3. The molecule has 6 fully saturated rings. The highest BCUT2D eigenvalue weighted by atomic mass is 16.6. The molecule has 10 atom stereocenters. The predicted octanol–water partition coefficient (Wildman–Crippen LogP) is 6.31. The molecule has 6 saturated carbocycles. The summed E-state index contributed by atoms with van der Waals surface area (Å²) in [4.78, 5) is 24.4. The highest BCUT2D eigenvalue weighted by molar-refractivity contribution is 5.68. The van der Waals surface area contributed by atoms with E-state index in [1.54, 1.807) is 13.8 Å². The van der Waals surface area contributed by atoms with Crippen molar-refractivity contribution in [3.63, 3.8) is 0 Å². The van der Waals surface area contributed by atoms with Crippen molar-refractivity contribution in [2.24, 2.45) is 51.8 Å². The maximum atomic E-state index is 12.3. The zero-order chi connectivity index (χ0) is 23.6. The summed E-state index contributed by atoms with van der Waals surface area (Å²) < 4.78 is 12.5. The highest BCUT2D eigenvalue weighted by Crippen LogP contribution is 2.86. The minimum atomic E-state index is -0.245. The average molecular weight is 457 g/mol. The smallest absolute Gasteiger partial charge is 0.303 e. The summed E-state index contributed by atoms with van der Waals surface area (Å²) in [5, 5.41) is 0. The van der Waals surface area contributed by atoms with Crippen molar-refractivity contribution in [3.8, 4) is 0 Å². The summed E-state index contributed by atoms with van der Waals surface area (Å²) >= 11 is 0. The van der Waals surface area contributed by atoms with E-state index in [9.17, 15) is 9.59 Å². The van der Waals surface area contributed by atoms with Gasteiger partial charge in [0.1, 0.15) is 11.2 Å². The summed E-state index contributed by atoms with van der Waals surface area (Å²) in [5.41, 5.74) is 0.356. The molecular weight excluding hydrogens is 412 g/mol. The molecule has 10 unspecified atom stereocenters. The Balaban J connectivity index is 1.25. The van der Waals surface area contributed by atoms with Crippen LogP contribution in [0.3, 0.4) is 0 Å². The summed E-state index contributed by atoms with van der Waals surface area (Å²) in [6.45, 7) is 12.5. The van der Waals surface area contributed by atoms with Crippen LogP contribution in [0.25, 0.3) is 0 Å². The number of ether oxygens (including phenoxy) is 2. The predicted molar refractivity (Wildman–Crippen MR) is 126 cm³/mol. The molecule has 6 aliphatic carbocycles. The van der Waals surface area contributed by atoms with Crippen molar-refractivity contribution < 1.29 is 19.1 Å². The van der Waals surface area contributed by atoms with Gasteiger partial charge in [-0.15, -0.1) is 0 Å². The van der Waals surface area contributed by atoms with Crippen molar-refractivity contribution in [2.75, 3.05) is 0 Å². The molecular formula is C29H44O4. The van der Waals surface area contributed by atoms with E-state index in [1.807, 2.05) is 0 Å². The fraction of sp³-hybridized carbons (Fsp3) is 0.931.